The van der Waals surface area contributed by atoms with Crippen LogP contribution in [0.5, 0.6) is 11.5 Å². The third kappa shape index (κ3) is 2.93. The molecule has 0 aliphatic heterocycles. The zero-order valence-electron chi connectivity index (χ0n) is 14.2. The molecule has 3 N–H and O–H groups in total. The van der Waals surface area contributed by atoms with Crippen molar-refractivity contribution in [3.05, 3.63) is 46.5 Å². The van der Waals surface area contributed by atoms with E-state index in [4.69, 9.17) is 0 Å². The van der Waals surface area contributed by atoms with Gasteiger partial charge in [0.15, 0.2) is 11.5 Å². The van der Waals surface area contributed by atoms with Gasteiger partial charge in [-0.3, -0.25) is 0 Å². The number of aryl methyl sites for hydroxylation is 1. The van der Waals surface area contributed by atoms with Gasteiger partial charge >= 0.3 is 5.69 Å². The standard InChI is InChI=1S/C17H19N5O3/c1-4-12-13(23)9-14(24)15(18-12)16-19-20-17(25)22(16)11-7-5-10(6-8-11)21(2)3/h5-9,23-24H,4H2,1-3H3,(H,20,25). The van der Waals surface area contributed by atoms with Crippen molar-refractivity contribution in [2.24, 2.45) is 0 Å². The highest BCUT2D eigenvalue weighted by atomic mass is 16.3. The number of aromatic hydroxyl groups is 2. The first kappa shape index (κ1) is 16.6. The Bertz CT molecular complexity index is 957. The molecule has 0 radical (unpaired) electrons. The van der Waals surface area contributed by atoms with Crippen molar-refractivity contribution < 1.29 is 10.2 Å². The average Bonchev–Trinajstić information content (AvgIpc) is 2.96. The Balaban J connectivity index is 2.16. The largest absolute Gasteiger partial charge is 0.506 e. The molecule has 3 aromatic rings. The molecule has 0 aliphatic carbocycles. The van der Waals surface area contributed by atoms with E-state index >= 15 is 0 Å². The third-order valence-corrected chi connectivity index (χ3v) is 3.90. The Hall–Kier alpha value is -3.29. The zero-order valence-corrected chi connectivity index (χ0v) is 14.2. The van der Waals surface area contributed by atoms with Crippen LogP contribution in [0.15, 0.2) is 35.1 Å². The van der Waals surface area contributed by atoms with Crippen molar-refractivity contribution in [3.63, 3.8) is 0 Å². The third-order valence-electron chi connectivity index (χ3n) is 3.90. The Morgan fingerprint density at radius 2 is 1.84 bits per heavy atom. The topological polar surface area (TPSA) is 107 Å². The molecule has 2 aromatic heterocycles. The number of anilines is 1. The molecule has 1 aromatic carbocycles. The van der Waals surface area contributed by atoms with Crippen LogP contribution in [0.1, 0.15) is 12.6 Å². The highest BCUT2D eigenvalue weighted by Gasteiger charge is 2.19. The molecule has 130 valence electrons. The Kier molecular flexibility index (Phi) is 4.18. The number of H-pyrrole nitrogens is 1. The average molecular weight is 341 g/mol. The first-order valence-electron chi connectivity index (χ1n) is 7.79. The van der Waals surface area contributed by atoms with Gasteiger partial charge in [-0.15, -0.1) is 0 Å². The molecule has 0 saturated carbocycles. The van der Waals surface area contributed by atoms with E-state index in [0.29, 0.717) is 17.8 Å². The monoisotopic (exact) mass is 341 g/mol. The highest BCUT2D eigenvalue weighted by molar-refractivity contribution is 5.63. The van der Waals surface area contributed by atoms with Gasteiger partial charge in [0.25, 0.3) is 0 Å². The first-order valence-corrected chi connectivity index (χ1v) is 7.79. The molecule has 25 heavy (non-hydrogen) atoms. The maximum Gasteiger partial charge on any atom is 0.348 e. The van der Waals surface area contributed by atoms with Gasteiger partial charge in [-0.2, -0.15) is 5.10 Å². The van der Waals surface area contributed by atoms with E-state index in [9.17, 15) is 15.0 Å². The maximum absolute atomic E-state index is 12.2. The van der Waals surface area contributed by atoms with E-state index in [0.717, 1.165) is 5.69 Å². The second-order valence-electron chi connectivity index (χ2n) is 5.77. The van der Waals surface area contributed by atoms with Crippen LogP contribution in [0, 0.1) is 0 Å². The predicted octanol–water partition coefficient (Wildman–Crippen LogP) is 1.66. The number of nitrogens with one attached hydrogen (secondary N) is 1. The molecule has 0 amide bonds. The lowest BCUT2D eigenvalue weighted by atomic mass is 10.2. The molecule has 8 nitrogen and oxygen atoms in total. The molecular formula is C17H19N5O3. The van der Waals surface area contributed by atoms with E-state index in [-0.39, 0.29) is 23.0 Å². The molecular weight excluding hydrogens is 322 g/mol. The van der Waals surface area contributed by atoms with Crippen LogP contribution in [0.25, 0.3) is 17.2 Å². The van der Waals surface area contributed by atoms with Crippen LogP contribution in [0.4, 0.5) is 5.69 Å². The number of pyridine rings is 1. The van der Waals surface area contributed by atoms with Gasteiger partial charge in [0, 0.05) is 25.8 Å². The second-order valence-corrected chi connectivity index (χ2v) is 5.77. The number of hydrogen-bond donors (Lipinski definition) is 3. The molecule has 0 saturated heterocycles. The SMILES string of the molecule is CCc1nc(-c2n[nH]c(=O)n2-c2ccc(N(C)C)cc2)c(O)cc1O. The molecule has 8 heteroatoms. The molecule has 0 aliphatic rings. The van der Waals surface area contributed by atoms with Gasteiger partial charge in [0.2, 0.25) is 0 Å². The minimum absolute atomic E-state index is 0.0940. The summed E-state index contributed by atoms with van der Waals surface area (Å²) in [6, 6.07) is 8.53. The lowest BCUT2D eigenvalue weighted by Gasteiger charge is -2.13. The highest BCUT2D eigenvalue weighted by Crippen LogP contribution is 2.31. The molecule has 0 fully saturated rings. The molecule has 2 heterocycles. The van der Waals surface area contributed by atoms with Crippen LogP contribution in [-0.2, 0) is 6.42 Å². The summed E-state index contributed by atoms with van der Waals surface area (Å²) >= 11 is 0. The maximum atomic E-state index is 12.2. The summed E-state index contributed by atoms with van der Waals surface area (Å²) in [5, 5.41) is 26.4. The Morgan fingerprint density at radius 1 is 1.16 bits per heavy atom. The van der Waals surface area contributed by atoms with Crippen molar-refractivity contribution >= 4 is 5.69 Å². The lowest BCUT2D eigenvalue weighted by Crippen LogP contribution is -2.16. The van der Waals surface area contributed by atoms with E-state index < -0.39 is 5.69 Å². The summed E-state index contributed by atoms with van der Waals surface area (Å²) in [4.78, 5) is 18.4. The molecule has 0 unspecified atom stereocenters. The van der Waals surface area contributed by atoms with Crippen LogP contribution in [0.3, 0.4) is 0 Å². The Labute approximate surface area is 144 Å². The zero-order chi connectivity index (χ0) is 18.1. The second kappa shape index (κ2) is 6.31. The van der Waals surface area contributed by atoms with Gasteiger partial charge in [-0.25, -0.2) is 19.4 Å². The van der Waals surface area contributed by atoms with Gasteiger partial charge in [-0.1, -0.05) is 6.92 Å². The van der Waals surface area contributed by atoms with Crippen LogP contribution >= 0.6 is 0 Å². The molecule has 3 rings (SSSR count). The summed E-state index contributed by atoms with van der Waals surface area (Å²) in [7, 11) is 3.85. The molecule has 0 bridgehead atoms. The van der Waals surface area contributed by atoms with E-state index in [1.165, 1.54) is 10.6 Å². The lowest BCUT2D eigenvalue weighted by molar-refractivity contribution is 0.442. The summed E-state index contributed by atoms with van der Waals surface area (Å²) in [6.07, 6.45) is 0.477. The number of nitrogens with zero attached hydrogens (tertiary/aromatic N) is 4. The summed E-state index contributed by atoms with van der Waals surface area (Å²) in [5.74, 6) is -0.168. The van der Waals surface area contributed by atoms with Crippen LogP contribution in [0.2, 0.25) is 0 Å². The quantitative estimate of drug-likeness (QED) is 0.666. The van der Waals surface area contributed by atoms with Crippen molar-refractivity contribution in [2.75, 3.05) is 19.0 Å². The number of aromatic nitrogens is 4. The van der Waals surface area contributed by atoms with E-state index in [1.54, 1.807) is 12.1 Å². The summed E-state index contributed by atoms with van der Waals surface area (Å²) in [5.41, 5.74) is 1.68. The number of rotatable bonds is 4. The van der Waals surface area contributed by atoms with Gasteiger partial charge in [-0.05, 0) is 30.7 Å². The van der Waals surface area contributed by atoms with Crippen molar-refractivity contribution in [3.8, 4) is 28.7 Å². The first-order chi connectivity index (χ1) is 11.9. The smallest absolute Gasteiger partial charge is 0.348 e. The van der Waals surface area contributed by atoms with Crippen molar-refractivity contribution in [1.82, 2.24) is 19.7 Å². The number of benzene rings is 1. The summed E-state index contributed by atoms with van der Waals surface area (Å²) in [6.45, 7) is 1.83. The number of aromatic amines is 1. The normalized spacial score (nSPS) is 10.8. The van der Waals surface area contributed by atoms with Crippen molar-refractivity contribution in [2.45, 2.75) is 13.3 Å². The van der Waals surface area contributed by atoms with E-state index in [2.05, 4.69) is 15.2 Å². The van der Waals surface area contributed by atoms with Gasteiger partial charge in [0.05, 0.1) is 11.4 Å². The van der Waals surface area contributed by atoms with Crippen molar-refractivity contribution in [1.29, 1.82) is 0 Å². The minimum atomic E-state index is -0.445. The van der Waals surface area contributed by atoms with Crippen LogP contribution < -0.4 is 10.6 Å². The molecule has 0 spiro atoms. The minimum Gasteiger partial charge on any atom is -0.506 e. The fraction of sp³-hybridized carbons (Fsp3) is 0.235. The Morgan fingerprint density at radius 3 is 2.44 bits per heavy atom. The van der Waals surface area contributed by atoms with Gasteiger partial charge < -0.3 is 15.1 Å². The number of hydrogen-bond acceptors (Lipinski definition) is 6. The van der Waals surface area contributed by atoms with Crippen LogP contribution in [-0.4, -0.2) is 44.1 Å². The fourth-order valence-electron chi connectivity index (χ4n) is 2.55. The van der Waals surface area contributed by atoms with E-state index in [1.807, 2.05) is 38.1 Å². The predicted molar refractivity (Wildman–Crippen MR) is 94.5 cm³/mol. The van der Waals surface area contributed by atoms with Gasteiger partial charge in [0.1, 0.15) is 11.5 Å². The molecule has 0 atom stereocenters. The fourth-order valence-corrected chi connectivity index (χ4v) is 2.55. The summed E-state index contributed by atoms with van der Waals surface area (Å²) < 4.78 is 1.33.